The van der Waals surface area contributed by atoms with Crippen LogP contribution in [0.25, 0.3) is 11.0 Å². The molecule has 1 saturated heterocycles. The molecule has 1 aliphatic rings. The van der Waals surface area contributed by atoms with Gasteiger partial charge in [0.2, 0.25) is 5.91 Å². The Bertz CT molecular complexity index is 941. The van der Waals surface area contributed by atoms with E-state index in [0.29, 0.717) is 12.5 Å². The van der Waals surface area contributed by atoms with Crippen LogP contribution in [-0.2, 0) is 17.9 Å². The van der Waals surface area contributed by atoms with E-state index in [1.807, 2.05) is 24.0 Å². The minimum absolute atomic E-state index is 0.143. The Labute approximate surface area is 159 Å². The molecule has 1 fully saturated rings. The Morgan fingerprint density at radius 2 is 2.11 bits per heavy atom. The average molecular weight is 365 g/mol. The number of hydrogen-bond donors (Lipinski definition) is 0. The summed E-state index contributed by atoms with van der Waals surface area (Å²) in [5.74, 6) is 1.57. The predicted molar refractivity (Wildman–Crippen MR) is 106 cm³/mol. The summed E-state index contributed by atoms with van der Waals surface area (Å²) >= 11 is 0. The Morgan fingerprint density at radius 3 is 2.89 bits per heavy atom. The van der Waals surface area contributed by atoms with Gasteiger partial charge in [0.15, 0.2) is 0 Å². The summed E-state index contributed by atoms with van der Waals surface area (Å²) in [6, 6.07) is 10.3. The van der Waals surface area contributed by atoms with Gasteiger partial charge in [-0.3, -0.25) is 9.48 Å². The number of piperidine rings is 1. The molecule has 1 aromatic carbocycles. The average Bonchev–Trinajstić information content (AvgIpc) is 3.26. The largest absolute Gasteiger partial charge is 0.340 e. The van der Waals surface area contributed by atoms with Crippen LogP contribution in [0.1, 0.15) is 43.6 Å². The van der Waals surface area contributed by atoms with E-state index in [2.05, 4.69) is 34.8 Å². The number of benzene rings is 1. The molecule has 3 heterocycles. The fourth-order valence-corrected chi connectivity index (χ4v) is 4.07. The van der Waals surface area contributed by atoms with Crippen LogP contribution in [0.5, 0.6) is 0 Å². The summed E-state index contributed by atoms with van der Waals surface area (Å²) in [5.41, 5.74) is 3.27. The first-order valence-corrected chi connectivity index (χ1v) is 9.88. The van der Waals surface area contributed by atoms with Crippen LogP contribution < -0.4 is 0 Å². The lowest BCUT2D eigenvalue weighted by molar-refractivity contribution is -0.133. The van der Waals surface area contributed by atoms with Gasteiger partial charge >= 0.3 is 0 Å². The first-order valence-electron chi connectivity index (χ1n) is 9.88. The molecule has 1 aliphatic heterocycles. The standard InChI is InChI=1S/C21H27N5O/c1-3-12-25-19-9-5-4-8-18(19)23-21(25)17-7-6-13-24(14-17)20(27)15-26-16(2)10-11-22-26/h4-5,8-11,17H,3,6-7,12-15H2,1-2H3. The van der Waals surface area contributed by atoms with Crippen molar-refractivity contribution in [2.24, 2.45) is 0 Å². The lowest BCUT2D eigenvalue weighted by atomic mass is 9.97. The molecule has 0 radical (unpaired) electrons. The second-order valence-electron chi connectivity index (χ2n) is 7.42. The summed E-state index contributed by atoms with van der Waals surface area (Å²) < 4.78 is 4.13. The van der Waals surface area contributed by atoms with E-state index < -0.39 is 0 Å². The van der Waals surface area contributed by atoms with Crippen LogP contribution >= 0.6 is 0 Å². The molecule has 3 aromatic rings. The van der Waals surface area contributed by atoms with Crippen LogP contribution in [0.15, 0.2) is 36.5 Å². The van der Waals surface area contributed by atoms with Crippen molar-refractivity contribution < 1.29 is 4.79 Å². The van der Waals surface area contributed by atoms with E-state index in [1.54, 1.807) is 10.9 Å². The smallest absolute Gasteiger partial charge is 0.244 e. The first kappa shape index (κ1) is 17.8. The number of aromatic nitrogens is 4. The predicted octanol–water partition coefficient (Wildman–Crippen LogP) is 3.36. The Balaban J connectivity index is 1.56. The molecular weight excluding hydrogens is 338 g/mol. The molecule has 27 heavy (non-hydrogen) atoms. The molecule has 1 atom stereocenters. The van der Waals surface area contributed by atoms with Gasteiger partial charge in [-0.2, -0.15) is 5.10 Å². The third-order valence-electron chi connectivity index (χ3n) is 5.48. The summed E-state index contributed by atoms with van der Waals surface area (Å²) in [6.07, 6.45) is 4.91. The lowest BCUT2D eigenvalue weighted by Gasteiger charge is -2.33. The highest BCUT2D eigenvalue weighted by Crippen LogP contribution is 2.29. The minimum Gasteiger partial charge on any atom is -0.340 e. The second kappa shape index (κ2) is 7.55. The van der Waals surface area contributed by atoms with Crippen molar-refractivity contribution in [2.45, 2.75) is 52.1 Å². The molecule has 6 nitrogen and oxygen atoms in total. The maximum Gasteiger partial charge on any atom is 0.244 e. The van der Waals surface area contributed by atoms with Crippen LogP contribution in [0.2, 0.25) is 0 Å². The summed E-state index contributed by atoms with van der Waals surface area (Å²) in [6.45, 7) is 7.02. The van der Waals surface area contributed by atoms with Crippen molar-refractivity contribution >= 4 is 16.9 Å². The fraction of sp³-hybridized carbons (Fsp3) is 0.476. The minimum atomic E-state index is 0.143. The number of imidazole rings is 1. The van der Waals surface area contributed by atoms with E-state index in [0.717, 1.165) is 55.9 Å². The van der Waals surface area contributed by atoms with Crippen molar-refractivity contribution in [3.05, 3.63) is 48.0 Å². The number of likely N-dealkylation sites (tertiary alicyclic amines) is 1. The van der Waals surface area contributed by atoms with Crippen LogP contribution in [0.3, 0.4) is 0 Å². The number of rotatable bonds is 5. The zero-order valence-corrected chi connectivity index (χ0v) is 16.1. The van der Waals surface area contributed by atoms with Gasteiger partial charge in [-0.15, -0.1) is 0 Å². The Kier molecular flexibility index (Phi) is 4.97. The van der Waals surface area contributed by atoms with E-state index in [-0.39, 0.29) is 5.91 Å². The molecule has 4 rings (SSSR count). The number of nitrogens with zero attached hydrogens (tertiary/aromatic N) is 5. The Hall–Kier alpha value is -2.63. The maximum atomic E-state index is 12.8. The molecule has 0 spiro atoms. The van der Waals surface area contributed by atoms with Crippen molar-refractivity contribution in [3.63, 3.8) is 0 Å². The first-order chi connectivity index (χ1) is 13.2. The Morgan fingerprint density at radius 1 is 1.26 bits per heavy atom. The number of carbonyl (C=O) groups excluding carboxylic acids is 1. The van der Waals surface area contributed by atoms with E-state index in [9.17, 15) is 4.79 Å². The topological polar surface area (TPSA) is 56.0 Å². The molecule has 1 unspecified atom stereocenters. The number of para-hydroxylation sites is 2. The van der Waals surface area contributed by atoms with Crippen molar-refractivity contribution in [1.82, 2.24) is 24.2 Å². The number of aryl methyl sites for hydroxylation is 2. The van der Waals surface area contributed by atoms with Gasteiger partial charge in [-0.1, -0.05) is 19.1 Å². The molecule has 0 N–H and O–H groups in total. The molecule has 0 bridgehead atoms. The van der Waals surface area contributed by atoms with Crippen LogP contribution in [0.4, 0.5) is 0 Å². The molecule has 2 aromatic heterocycles. The molecule has 1 amide bonds. The second-order valence-corrected chi connectivity index (χ2v) is 7.42. The molecule has 6 heteroatoms. The van der Waals surface area contributed by atoms with Gasteiger partial charge < -0.3 is 9.47 Å². The van der Waals surface area contributed by atoms with Crippen molar-refractivity contribution in [1.29, 1.82) is 0 Å². The van der Waals surface area contributed by atoms with Gasteiger partial charge in [0.05, 0.1) is 11.0 Å². The highest BCUT2D eigenvalue weighted by Gasteiger charge is 2.28. The van der Waals surface area contributed by atoms with Gasteiger partial charge in [0.1, 0.15) is 12.4 Å². The monoisotopic (exact) mass is 365 g/mol. The zero-order valence-electron chi connectivity index (χ0n) is 16.1. The van der Waals surface area contributed by atoms with Gasteiger partial charge in [-0.05, 0) is 44.4 Å². The van der Waals surface area contributed by atoms with E-state index >= 15 is 0 Å². The summed E-state index contributed by atoms with van der Waals surface area (Å²) in [5, 5.41) is 4.25. The van der Waals surface area contributed by atoms with Crippen molar-refractivity contribution in [2.75, 3.05) is 13.1 Å². The number of hydrogen-bond acceptors (Lipinski definition) is 3. The van der Waals surface area contributed by atoms with Crippen LogP contribution in [0, 0.1) is 6.92 Å². The molecule has 0 saturated carbocycles. The normalized spacial score (nSPS) is 17.6. The molecule has 142 valence electrons. The molecular formula is C21H27N5O. The fourth-order valence-electron chi connectivity index (χ4n) is 4.07. The van der Waals surface area contributed by atoms with Gasteiger partial charge in [0.25, 0.3) is 0 Å². The third kappa shape index (κ3) is 3.48. The molecule has 0 aliphatic carbocycles. The van der Waals surface area contributed by atoms with Gasteiger partial charge in [-0.25, -0.2) is 4.98 Å². The van der Waals surface area contributed by atoms with E-state index in [4.69, 9.17) is 4.98 Å². The number of amides is 1. The highest BCUT2D eigenvalue weighted by molar-refractivity contribution is 5.77. The van der Waals surface area contributed by atoms with Gasteiger partial charge in [0, 0.05) is 37.4 Å². The highest BCUT2D eigenvalue weighted by atomic mass is 16.2. The van der Waals surface area contributed by atoms with Crippen molar-refractivity contribution in [3.8, 4) is 0 Å². The SMILES string of the molecule is CCCn1c(C2CCCN(C(=O)Cn3nccc3C)C2)nc2ccccc21. The lowest BCUT2D eigenvalue weighted by Crippen LogP contribution is -2.41. The van der Waals surface area contributed by atoms with E-state index in [1.165, 1.54) is 5.52 Å². The maximum absolute atomic E-state index is 12.8. The summed E-state index contributed by atoms with van der Waals surface area (Å²) in [4.78, 5) is 19.8. The number of fused-ring (bicyclic) bond motifs is 1. The zero-order chi connectivity index (χ0) is 18.8. The number of carbonyl (C=O) groups is 1. The summed E-state index contributed by atoms with van der Waals surface area (Å²) in [7, 11) is 0. The quantitative estimate of drug-likeness (QED) is 0.697. The van der Waals surface area contributed by atoms with Crippen LogP contribution in [-0.4, -0.2) is 43.2 Å². The third-order valence-corrected chi connectivity index (χ3v) is 5.48.